The van der Waals surface area contributed by atoms with Gasteiger partial charge in [0.05, 0.1) is 0 Å². The summed E-state index contributed by atoms with van der Waals surface area (Å²) in [5.41, 5.74) is 0. The Morgan fingerprint density at radius 3 is 2.36 bits per heavy atom. The van der Waals surface area contributed by atoms with E-state index in [0.29, 0.717) is 6.04 Å². The van der Waals surface area contributed by atoms with Gasteiger partial charge in [-0.3, -0.25) is 4.90 Å². The predicted octanol–water partition coefficient (Wildman–Crippen LogP) is 2.52. The molecule has 0 saturated carbocycles. The van der Waals surface area contributed by atoms with Crippen molar-refractivity contribution in [3.05, 3.63) is 12.7 Å². The molecule has 1 aliphatic heterocycles. The number of hydrogen-bond donors (Lipinski definition) is 1. The molecule has 0 aromatic rings. The first-order chi connectivity index (χ1) is 6.84. The zero-order valence-electron chi connectivity index (χ0n) is 10.6. The molecular weight excluding hydrogens is 172 g/mol. The monoisotopic (exact) mass is 200 g/mol. The lowest BCUT2D eigenvalue weighted by molar-refractivity contribution is 0.193. The first-order valence-corrected chi connectivity index (χ1v) is 5.90. The fourth-order valence-corrected chi connectivity index (χ4v) is 1.32. The van der Waals surface area contributed by atoms with Crippen LogP contribution in [-0.2, 0) is 0 Å². The number of rotatable bonds is 2. The van der Waals surface area contributed by atoms with Gasteiger partial charge in [0.15, 0.2) is 0 Å². The Morgan fingerprint density at radius 2 is 1.93 bits per heavy atom. The van der Waals surface area contributed by atoms with E-state index < -0.39 is 0 Å². The van der Waals surface area contributed by atoms with Crippen LogP contribution in [-0.4, -0.2) is 37.1 Å². The molecule has 1 fully saturated rings. The molecule has 1 aliphatic rings. The minimum Gasteiger partial charge on any atom is -0.314 e. The molecule has 1 unspecified atom stereocenters. The molecule has 0 aromatic carbocycles. The highest BCUT2D eigenvalue weighted by molar-refractivity contribution is 4.81. The molecule has 0 spiro atoms. The van der Waals surface area contributed by atoms with E-state index in [1.165, 1.54) is 0 Å². The summed E-state index contributed by atoms with van der Waals surface area (Å²) in [5, 5.41) is 3.35. The Hall–Kier alpha value is -0.340. The molecule has 1 rings (SSSR count). The SMILES string of the molecule is C=CCN1CCNCC1C.CC.CC. The Bertz CT molecular complexity index is 113. The third-order valence-electron chi connectivity index (χ3n) is 2.00. The molecule has 1 N–H and O–H groups in total. The Labute approximate surface area is 90.4 Å². The topological polar surface area (TPSA) is 15.3 Å². The fraction of sp³-hybridized carbons (Fsp3) is 0.833. The van der Waals surface area contributed by atoms with Gasteiger partial charge in [-0.05, 0) is 6.92 Å². The Morgan fingerprint density at radius 1 is 1.36 bits per heavy atom. The van der Waals surface area contributed by atoms with Crippen molar-refractivity contribution < 1.29 is 0 Å². The summed E-state index contributed by atoms with van der Waals surface area (Å²) in [6, 6.07) is 0.673. The second-order valence-electron chi connectivity index (χ2n) is 2.84. The van der Waals surface area contributed by atoms with Crippen molar-refractivity contribution in [3.8, 4) is 0 Å². The molecule has 1 heterocycles. The van der Waals surface area contributed by atoms with Crippen molar-refractivity contribution >= 4 is 0 Å². The second kappa shape index (κ2) is 12.7. The van der Waals surface area contributed by atoms with Gasteiger partial charge in [-0.1, -0.05) is 33.8 Å². The average Bonchev–Trinajstić information content (AvgIpc) is 2.28. The lowest BCUT2D eigenvalue weighted by Gasteiger charge is -2.32. The van der Waals surface area contributed by atoms with Crippen molar-refractivity contribution in [1.29, 1.82) is 0 Å². The minimum absolute atomic E-state index is 0.673. The summed E-state index contributed by atoms with van der Waals surface area (Å²) in [6.45, 7) is 18.4. The van der Waals surface area contributed by atoms with Gasteiger partial charge in [-0.2, -0.15) is 0 Å². The number of piperazine rings is 1. The maximum absolute atomic E-state index is 3.73. The zero-order chi connectivity index (χ0) is 11.4. The van der Waals surface area contributed by atoms with E-state index in [9.17, 15) is 0 Å². The molecule has 0 bridgehead atoms. The molecule has 86 valence electrons. The molecule has 2 nitrogen and oxygen atoms in total. The summed E-state index contributed by atoms with van der Waals surface area (Å²) in [7, 11) is 0. The van der Waals surface area contributed by atoms with Crippen molar-refractivity contribution in [2.75, 3.05) is 26.2 Å². The molecular formula is C12H28N2. The summed E-state index contributed by atoms with van der Waals surface area (Å²) in [4.78, 5) is 2.43. The maximum Gasteiger partial charge on any atom is 0.0196 e. The molecule has 0 aliphatic carbocycles. The van der Waals surface area contributed by atoms with E-state index >= 15 is 0 Å². The van der Waals surface area contributed by atoms with E-state index in [2.05, 4.69) is 23.7 Å². The van der Waals surface area contributed by atoms with Crippen LogP contribution in [0.25, 0.3) is 0 Å². The minimum atomic E-state index is 0.673. The van der Waals surface area contributed by atoms with E-state index in [4.69, 9.17) is 0 Å². The van der Waals surface area contributed by atoms with Crippen LogP contribution < -0.4 is 5.32 Å². The first kappa shape index (κ1) is 16.1. The van der Waals surface area contributed by atoms with Crippen molar-refractivity contribution in [3.63, 3.8) is 0 Å². The van der Waals surface area contributed by atoms with Crippen LogP contribution in [0.15, 0.2) is 12.7 Å². The number of hydrogen-bond acceptors (Lipinski definition) is 2. The zero-order valence-corrected chi connectivity index (χ0v) is 10.6. The van der Waals surface area contributed by atoms with Crippen LogP contribution in [0, 0.1) is 0 Å². The predicted molar refractivity (Wildman–Crippen MR) is 66.8 cm³/mol. The highest BCUT2D eigenvalue weighted by Gasteiger charge is 2.15. The van der Waals surface area contributed by atoms with E-state index in [0.717, 1.165) is 26.2 Å². The lowest BCUT2D eigenvalue weighted by atomic mass is 10.2. The van der Waals surface area contributed by atoms with E-state index in [1.54, 1.807) is 0 Å². The number of nitrogens with zero attached hydrogens (tertiary/aromatic N) is 1. The van der Waals surface area contributed by atoms with E-state index in [-0.39, 0.29) is 0 Å². The van der Waals surface area contributed by atoms with Gasteiger partial charge in [0.2, 0.25) is 0 Å². The van der Waals surface area contributed by atoms with Gasteiger partial charge in [-0.25, -0.2) is 0 Å². The van der Waals surface area contributed by atoms with Gasteiger partial charge in [-0.15, -0.1) is 6.58 Å². The molecule has 2 heteroatoms. The molecule has 14 heavy (non-hydrogen) atoms. The highest BCUT2D eigenvalue weighted by atomic mass is 15.2. The largest absolute Gasteiger partial charge is 0.314 e. The third kappa shape index (κ3) is 7.10. The fourth-order valence-electron chi connectivity index (χ4n) is 1.32. The smallest absolute Gasteiger partial charge is 0.0196 e. The average molecular weight is 200 g/mol. The standard InChI is InChI=1S/C8H16N2.2C2H6/c1-3-5-10-6-4-9-7-8(10)2;2*1-2/h3,8-9H,1,4-7H2,2H3;2*1-2H3. The van der Waals surface area contributed by atoms with Crippen molar-refractivity contribution in [2.24, 2.45) is 0 Å². The molecule has 0 amide bonds. The normalized spacial score (nSPS) is 21.1. The molecule has 0 radical (unpaired) electrons. The second-order valence-corrected chi connectivity index (χ2v) is 2.84. The molecule has 1 atom stereocenters. The van der Waals surface area contributed by atoms with Gasteiger partial charge >= 0.3 is 0 Å². The van der Waals surface area contributed by atoms with Crippen molar-refractivity contribution in [2.45, 2.75) is 40.7 Å². The van der Waals surface area contributed by atoms with Gasteiger partial charge in [0.1, 0.15) is 0 Å². The van der Waals surface area contributed by atoms with Crippen LogP contribution in [0.5, 0.6) is 0 Å². The van der Waals surface area contributed by atoms with Crippen LogP contribution in [0.2, 0.25) is 0 Å². The number of nitrogens with one attached hydrogen (secondary N) is 1. The highest BCUT2D eigenvalue weighted by Crippen LogP contribution is 2.00. The molecule has 1 saturated heterocycles. The van der Waals surface area contributed by atoms with Crippen LogP contribution in [0.1, 0.15) is 34.6 Å². The van der Waals surface area contributed by atoms with Gasteiger partial charge in [0, 0.05) is 32.2 Å². The van der Waals surface area contributed by atoms with Crippen molar-refractivity contribution in [1.82, 2.24) is 10.2 Å². The Kier molecular flexibility index (Phi) is 14.6. The third-order valence-corrected chi connectivity index (χ3v) is 2.00. The van der Waals surface area contributed by atoms with E-state index in [1.807, 2.05) is 33.8 Å². The Balaban J connectivity index is 0. The first-order valence-electron chi connectivity index (χ1n) is 5.90. The van der Waals surface area contributed by atoms with Crippen LogP contribution in [0.3, 0.4) is 0 Å². The van der Waals surface area contributed by atoms with Gasteiger partial charge < -0.3 is 5.32 Å². The lowest BCUT2D eigenvalue weighted by Crippen LogP contribution is -2.49. The molecule has 0 aromatic heterocycles. The van der Waals surface area contributed by atoms with Gasteiger partial charge in [0.25, 0.3) is 0 Å². The summed E-state index contributed by atoms with van der Waals surface area (Å²) in [5.74, 6) is 0. The van der Waals surface area contributed by atoms with Crippen LogP contribution >= 0.6 is 0 Å². The summed E-state index contributed by atoms with van der Waals surface area (Å²) < 4.78 is 0. The van der Waals surface area contributed by atoms with Crippen LogP contribution in [0.4, 0.5) is 0 Å². The summed E-state index contributed by atoms with van der Waals surface area (Å²) >= 11 is 0. The maximum atomic E-state index is 3.73. The quantitative estimate of drug-likeness (QED) is 0.689. The summed E-state index contributed by atoms with van der Waals surface area (Å²) in [6.07, 6.45) is 1.97.